The summed E-state index contributed by atoms with van der Waals surface area (Å²) in [6.07, 6.45) is -1.32. The normalized spacial score (nSPS) is 15.2. The zero-order valence-electron chi connectivity index (χ0n) is 4.97. The van der Waals surface area contributed by atoms with Crippen LogP contribution in [0.25, 0.3) is 0 Å². The van der Waals surface area contributed by atoms with Crippen LogP contribution in [-0.2, 0) is 9.09 Å². The quantitative estimate of drug-likeness (QED) is 0.349. The summed E-state index contributed by atoms with van der Waals surface area (Å²) in [5.41, 5.74) is 0. The Morgan fingerprint density at radius 2 is 2.10 bits per heavy atom. The number of rotatable bonds is 4. The zero-order chi connectivity index (χ0) is 8.20. The van der Waals surface area contributed by atoms with E-state index >= 15 is 0 Å². The first-order valence-electron chi connectivity index (χ1n) is 2.41. The van der Waals surface area contributed by atoms with Gasteiger partial charge in [-0.1, -0.05) is 0 Å². The molecule has 0 spiro atoms. The number of hydrogen-bond donors (Lipinski definition) is 2. The maximum absolute atomic E-state index is 9.71. The third kappa shape index (κ3) is 6.15. The van der Waals surface area contributed by atoms with Gasteiger partial charge >= 0.3 is 0 Å². The van der Waals surface area contributed by atoms with Crippen LogP contribution in [0, 0.1) is 0 Å². The van der Waals surface area contributed by atoms with Crippen molar-refractivity contribution < 1.29 is 29.1 Å². The molecule has 0 aromatic rings. The molecule has 0 aliphatic carbocycles. The van der Waals surface area contributed by atoms with Gasteiger partial charge in [0.2, 0.25) is 0 Å². The van der Waals surface area contributed by atoms with E-state index in [-0.39, 0.29) is 0 Å². The van der Waals surface area contributed by atoms with Crippen molar-refractivity contribution in [2.45, 2.75) is 6.10 Å². The summed E-state index contributed by atoms with van der Waals surface area (Å²) >= 11 is 0. The second-order valence-corrected chi connectivity index (χ2v) is 2.73. The lowest BCUT2D eigenvalue weighted by atomic mass is 11.0. The van der Waals surface area contributed by atoms with E-state index in [1.54, 1.807) is 0 Å². The molecule has 0 aromatic heterocycles. The van der Waals surface area contributed by atoms with Gasteiger partial charge in [0.15, 0.2) is 0 Å². The van der Waals surface area contributed by atoms with Crippen LogP contribution in [0.3, 0.4) is 0 Å². The number of hydrogen-bond acceptors (Lipinski definition) is 6. The highest BCUT2D eigenvalue weighted by atomic mass is 31.2. The van der Waals surface area contributed by atoms with Crippen LogP contribution in [0.5, 0.6) is 0 Å². The Labute approximate surface area is 57.3 Å². The van der Waals surface area contributed by atoms with Gasteiger partial charge in [-0.15, -0.1) is 0 Å². The van der Waals surface area contributed by atoms with Gasteiger partial charge in [0.1, 0.15) is 6.10 Å². The van der Waals surface area contributed by atoms with E-state index in [9.17, 15) is 14.4 Å². The average molecular weight is 172 g/mol. The number of phosphoric acid groups is 1. The molecule has 0 aliphatic heterocycles. The smallest absolute Gasteiger partial charge is 0.101 e. The molecular formula is C3H7O6P-2. The van der Waals surface area contributed by atoms with Gasteiger partial charge in [0, 0.05) is 0 Å². The average Bonchev–Trinajstić information content (AvgIpc) is 1.81. The van der Waals surface area contributed by atoms with Crippen LogP contribution < -0.4 is 9.79 Å². The van der Waals surface area contributed by atoms with E-state index in [1.807, 2.05) is 0 Å². The molecule has 0 saturated heterocycles. The molecule has 0 rings (SSSR count). The van der Waals surface area contributed by atoms with Crippen molar-refractivity contribution in [3.63, 3.8) is 0 Å². The molecule has 0 fully saturated rings. The van der Waals surface area contributed by atoms with Gasteiger partial charge in [0.25, 0.3) is 0 Å². The molecular weight excluding hydrogens is 165 g/mol. The lowest BCUT2D eigenvalue weighted by molar-refractivity contribution is -0.342. The largest absolute Gasteiger partial charge is 0.790 e. The van der Waals surface area contributed by atoms with E-state index in [2.05, 4.69) is 4.52 Å². The Morgan fingerprint density at radius 1 is 1.60 bits per heavy atom. The van der Waals surface area contributed by atoms with E-state index in [0.29, 0.717) is 0 Å². The van der Waals surface area contributed by atoms with Crippen LogP contribution in [0.1, 0.15) is 0 Å². The zero-order valence-corrected chi connectivity index (χ0v) is 5.86. The van der Waals surface area contributed by atoms with Crippen LogP contribution >= 0.6 is 7.82 Å². The molecule has 1 atom stereocenters. The fourth-order valence-corrected chi connectivity index (χ4v) is 0.585. The van der Waals surface area contributed by atoms with Crippen molar-refractivity contribution in [3.05, 3.63) is 0 Å². The van der Waals surface area contributed by atoms with Gasteiger partial charge in [-0.05, 0) is 0 Å². The highest BCUT2D eigenvalue weighted by molar-refractivity contribution is 7.43. The number of aliphatic hydroxyl groups is 2. The molecule has 7 heteroatoms. The summed E-state index contributed by atoms with van der Waals surface area (Å²) in [5, 5.41) is 16.6. The molecule has 62 valence electrons. The third-order valence-corrected chi connectivity index (χ3v) is 1.10. The van der Waals surface area contributed by atoms with E-state index in [4.69, 9.17) is 10.2 Å². The standard InChI is InChI=1S/C3H9O6P/c4-1-3(5)2-9-10(6,7)8/h3-5H,1-2H2,(H2,6,7,8)/p-2/t3-/m1/s1/i1+1,3+1. The second-order valence-electron chi connectivity index (χ2n) is 1.58. The monoisotopic (exact) mass is 172 g/mol. The molecule has 2 N–H and O–H groups in total. The Balaban J connectivity index is 3.46. The van der Waals surface area contributed by atoms with Gasteiger partial charge in [-0.3, -0.25) is 0 Å². The van der Waals surface area contributed by atoms with Crippen molar-refractivity contribution in [1.82, 2.24) is 0 Å². The molecule has 0 aliphatic rings. The summed E-state index contributed by atoms with van der Waals surface area (Å²) in [6, 6.07) is 0. The maximum atomic E-state index is 9.71. The summed E-state index contributed by atoms with van der Waals surface area (Å²) in [4.78, 5) is 19.4. The fourth-order valence-electron chi connectivity index (χ4n) is 0.230. The van der Waals surface area contributed by atoms with Gasteiger partial charge in [0.05, 0.1) is 21.0 Å². The first-order valence-corrected chi connectivity index (χ1v) is 3.87. The van der Waals surface area contributed by atoms with E-state index < -0.39 is 27.1 Å². The Morgan fingerprint density at radius 3 is 2.40 bits per heavy atom. The summed E-state index contributed by atoms with van der Waals surface area (Å²) in [5.74, 6) is 0. The molecule has 0 amide bonds. The highest BCUT2D eigenvalue weighted by Crippen LogP contribution is 2.24. The van der Waals surface area contributed by atoms with Crippen molar-refractivity contribution in [3.8, 4) is 0 Å². The minimum Gasteiger partial charge on any atom is -0.790 e. The molecule has 6 nitrogen and oxygen atoms in total. The number of aliphatic hydroxyl groups excluding tert-OH is 2. The van der Waals surface area contributed by atoms with Crippen molar-refractivity contribution in [1.29, 1.82) is 0 Å². The molecule has 0 bridgehead atoms. The Kier molecular flexibility index (Phi) is 4.04. The second kappa shape index (κ2) is 4.02. The molecule has 0 heterocycles. The minimum atomic E-state index is -5.00. The minimum absolute atomic E-state index is 0.639. The van der Waals surface area contributed by atoms with E-state index in [1.165, 1.54) is 0 Å². The fraction of sp³-hybridized carbons (Fsp3) is 1.00. The SMILES string of the molecule is O=P([O-])([O-])OC[13C@H](O)[13CH2]O. The molecule has 0 saturated carbocycles. The van der Waals surface area contributed by atoms with Gasteiger partial charge < -0.3 is 29.1 Å². The predicted molar refractivity (Wildman–Crippen MR) is 26.7 cm³/mol. The van der Waals surface area contributed by atoms with Gasteiger partial charge in [-0.25, -0.2) is 0 Å². The van der Waals surface area contributed by atoms with Crippen molar-refractivity contribution >= 4 is 7.82 Å². The van der Waals surface area contributed by atoms with Crippen molar-refractivity contribution in [2.75, 3.05) is 13.2 Å². The summed E-state index contributed by atoms with van der Waals surface area (Å²) < 4.78 is 13.3. The molecule has 0 unspecified atom stereocenters. The first kappa shape index (κ1) is 10.0. The first-order chi connectivity index (χ1) is 4.45. The Hall–Kier alpha value is 0.0300. The van der Waals surface area contributed by atoms with Crippen LogP contribution in [0.4, 0.5) is 0 Å². The lowest BCUT2D eigenvalue weighted by Crippen LogP contribution is -2.24. The highest BCUT2D eigenvalue weighted by Gasteiger charge is 2.01. The van der Waals surface area contributed by atoms with Crippen molar-refractivity contribution in [2.24, 2.45) is 0 Å². The molecule has 0 aromatic carbocycles. The third-order valence-electron chi connectivity index (χ3n) is 0.636. The van der Waals surface area contributed by atoms with Crippen LogP contribution in [-0.4, -0.2) is 29.5 Å². The van der Waals surface area contributed by atoms with Crippen LogP contribution in [0.15, 0.2) is 0 Å². The van der Waals surface area contributed by atoms with E-state index in [0.717, 1.165) is 0 Å². The predicted octanol–water partition coefficient (Wildman–Crippen LogP) is -2.82. The number of phosphoric ester groups is 1. The Bertz CT molecular complexity index is 129. The summed E-state index contributed by atoms with van der Waals surface area (Å²) in [6.45, 7) is -1.33. The topological polar surface area (TPSA) is 113 Å². The summed E-state index contributed by atoms with van der Waals surface area (Å²) in [7, 11) is -5.00. The lowest BCUT2D eigenvalue weighted by Gasteiger charge is -2.29. The molecule has 0 radical (unpaired) electrons. The van der Waals surface area contributed by atoms with Gasteiger partial charge in [-0.2, -0.15) is 0 Å². The maximum Gasteiger partial charge on any atom is 0.101 e. The van der Waals surface area contributed by atoms with Crippen LogP contribution in [0.2, 0.25) is 0 Å². The molecule has 10 heavy (non-hydrogen) atoms.